The summed E-state index contributed by atoms with van der Waals surface area (Å²) in [5, 5.41) is 4.25. The largest absolute Gasteiger partial charge is 0.299 e. The molecule has 1 rings (SSSR count). The highest BCUT2D eigenvalue weighted by molar-refractivity contribution is 5.80. The van der Waals surface area contributed by atoms with Crippen molar-refractivity contribution in [3.8, 4) is 0 Å². The summed E-state index contributed by atoms with van der Waals surface area (Å²) in [6.45, 7) is 4.16. The monoisotopic (exact) mass is 236 g/mol. The molecule has 1 heterocycles. The Morgan fingerprint density at radius 1 is 1.29 bits per heavy atom. The van der Waals surface area contributed by atoms with Gasteiger partial charge in [0.2, 0.25) is 0 Å². The van der Waals surface area contributed by atoms with Gasteiger partial charge in [-0.05, 0) is 19.4 Å². The van der Waals surface area contributed by atoms with Gasteiger partial charge in [0.1, 0.15) is 5.78 Å². The van der Waals surface area contributed by atoms with Gasteiger partial charge in [-0.3, -0.25) is 9.48 Å². The summed E-state index contributed by atoms with van der Waals surface area (Å²) in [4.78, 5) is 11.8. The molecule has 0 saturated heterocycles. The lowest BCUT2D eigenvalue weighted by Crippen LogP contribution is -2.07. The molecule has 3 heteroatoms. The van der Waals surface area contributed by atoms with Crippen molar-refractivity contribution < 1.29 is 4.79 Å². The maximum atomic E-state index is 11.8. The zero-order valence-electron chi connectivity index (χ0n) is 11.3. The van der Waals surface area contributed by atoms with E-state index in [1.165, 1.54) is 25.7 Å². The molecule has 17 heavy (non-hydrogen) atoms. The van der Waals surface area contributed by atoms with E-state index in [9.17, 15) is 4.79 Å². The third-order valence-electron chi connectivity index (χ3n) is 3.04. The van der Waals surface area contributed by atoms with E-state index in [0.717, 1.165) is 17.8 Å². The molecule has 0 aliphatic rings. The lowest BCUT2D eigenvalue weighted by Gasteiger charge is -2.02. The zero-order chi connectivity index (χ0) is 12.7. The molecule has 0 N–H and O–H groups in total. The summed E-state index contributed by atoms with van der Waals surface area (Å²) in [7, 11) is 1.90. The van der Waals surface area contributed by atoms with E-state index >= 15 is 0 Å². The Hall–Kier alpha value is -1.12. The van der Waals surface area contributed by atoms with Crippen LogP contribution in [0.4, 0.5) is 0 Å². The average molecular weight is 236 g/mol. The number of carbonyl (C=O) groups is 1. The maximum absolute atomic E-state index is 11.8. The lowest BCUT2D eigenvalue weighted by molar-refractivity contribution is -0.118. The molecular formula is C14H24N2O. The van der Waals surface area contributed by atoms with Gasteiger partial charge < -0.3 is 0 Å². The highest BCUT2D eigenvalue weighted by Crippen LogP contribution is 2.09. The normalized spacial score (nSPS) is 10.8. The van der Waals surface area contributed by atoms with Crippen LogP contribution < -0.4 is 0 Å². The van der Waals surface area contributed by atoms with E-state index < -0.39 is 0 Å². The second-order valence-electron chi connectivity index (χ2n) is 4.78. The highest BCUT2D eigenvalue weighted by atomic mass is 16.1. The van der Waals surface area contributed by atoms with Crippen molar-refractivity contribution in [3.63, 3.8) is 0 Å². The second-order valence-corrected chi connectivity index (χ2v) is 4.78. The molecule has 0 unspecified atom stereocenters. The number of aromatic nitrogens is 2. The maximum Gasteiger partial charge on any atom is 0.138 e. The molecule has 0 aliphatic heterocycles. The minimum atomic E-state index is 0.337. The molecule has 0 fully saturated rings. The van der Waals surface area contributed by atoms with Crippen LogP contribution in [-0.4, -0.2) is 15.6 Å². The molecule has 0 atom stereocenters. The Bertz CT molecular complexity index is 355. The van der Waals surface area contributed by atoms with E-state index in [-0.39, 0.29) is 0 Å². The zero-order valence-corrected chi connectivity index (χ0v) is 11.3. The Kier molecular flexibility index (Phi) is 5.95. The van der Waals surface area contributed by atoms with Crippen LogP contribution >= 0.6 is 0 Å². The molecule has 1 aromatic rings. The summed E-state index contributed by atoms with van der Waals surface area (Å²) in [6, 6.07) is 2.00. The number of aryl methyl sites for hydroxylation is 2. The van der Waals surface area contributed by atoms with Crippen molar-refractivity contribution >= 4 is 5.78 Å². The van der Waals surface area contributed by atoms with Gasteiger partial charge in [-0.15, -0.1) is 0 Å². The lowest BCUT2D eigenvalue weighted by atomic mass is 10.1. The van der Waals surface area contributed by atoms with Gasteiger partial charge in [-0.2, -0.15) is 5.10 Å². The molecule has 3 nitrogen and oxygen atoms in total. The molecular weight excluding hydrogens is 212 g/mol. The summed E-state index contributed by atoms with van der Waals surface area (Å²) in [6.07, 6.45) is 7.27. The number of Topliss-reactive ketones (excluding diaryl/α,β-unsaturated/α-hetero) is 1. The predicted molar refractivity (Wildman–Crippen MR) is 70.0 cm³/mol. The van der Waals surface area contributed by atoms with Gasteiger partial charge in [-0.25, -0.2) is 0 Å². The number of rotatable bonds is 8. The molecule has 1 aromatic heterocycles. The molecule has 0 radical (unpaired) electrons. The number of carbonyl (C=O) groups excluding carboxylic acids is 1. The van der Waals surface area contributed by atoms with E-state index in [0.29, 0.717) is 18.6 Å². The summed E-state index contributed by atoms with van der Waals surface area (Å²) in [5.74, 6) is 0.337. The van der Waals surface area contributed by atoms with E-state index in [2.05, 4.69) is 12.0 Å². The first-order valence-electron chi connectivity index (χ1n) is 6.64. The Morgan fingerprint density at radius 3 is 2.59 bits per heavy atom. The van der Waals surface area contributed by atoms with Crippen molar-refractivity contribution in [2.24, 2.45) is 7.05 Å². The minimum absolute atomic E-state index is 0.337. The first kappa shape index (κ1) is 13.9. The number of hydrogen-bond acceptors (Lipinski definition) is 2. The van der Waals surface area contributed by atoms with E-state index in [1.54, 1.807) is 0 Å². The standard InChI is InChI=1S/C14H24N2O/c1-4-5-6-7-8-9-14(17)11-13-10-12(2)15-16(13)3/h10H,4-9,11H2,1-3H3. The third kappa shape index (κ3) is 5.16. The molecule has 96 valence electrons. The van der Waals surface area contributed by atoms with E-state index in [1.807, 2.05) is 24.7 Å². The molecule has 0 spiro atoms. The first-order chi connectivity index (χ1) is 8.13. The average Bonchev–Trinajstić information content (AvgIpc) is 2.57. The Labute approximate surface area is 104 Å². The first-order valence-corrected chi connectivity index (χ1v) is 6.64. The fraction of sp³-hybridized carbons (Fsp3) is 0.714. The van der Waals surface area contributed by atoms with Crippen LogP contribution in [0.1, 0.15) is 56.8 Å². The smallest absolute Gasteiger partial charge is 0.138 e. The van der Waals surface area contributed by atoms with E-state index in [4.69, 9.17) is 0 Å². The van der Waals surface area contributed by atoms with Crippen LogP contribution in [0.3, 0.4) is 0 Å². The van der Waals surface area contributed by atoms with Gasteiger partial charge in [0.05, 0.1) is 5.69 Å². The van der Waals surface area contributed by atoms with Crippen molar-refractivity contribution in [1.29, 1.82) is 0 Å². The quantitative estimate of drug-likeness (QED) is 0.650. The molecule has 0 aromatic carbocycles. The summed E-state index contributed by atoms with van der Waals surface area (Å²) in [5.41, 5.74) is 2.01. The van der Waals surface area contributed by atoms with Gasteiger partial charge in [0.15, 0.2) is 0 Å². The summed E-state index contributed by atoms with van der Waals surface area (Å²) < 4.78 is 1.81. The number of hydrogen-bond donors (Lipinski definition) is 0. The molecule has 0 saturated carbocycles. The van der Waals surface area contributed by atoms with Crippen LogP contribution in [0, 0.1) is 6.92 Å². The molecule has 0 bridgehead atoms. The number of unbranched alkanes of at least 4 members (excludes halogenated alkanes) is 4. The van der Waals surface area contributed by atoms with Crippen LogP contribution in [0.15, 0.2) is 6.07 Å². The number of nitrogens with zero attached hydrogens (tertiary/aromatic N) is 2. The SMILES string of the molecule is CCCCCCCC(=O)Cc1cc(C)nn1C. The summed E-state index contributed by atoms with van der Waals surface area (Å²) >= 11 is 0. The highest BCUT2D eigenvalue weighted by Gasteiger charge is 2.08. The van der Waals surface area contributed by atoms with Gasteiger partial charge in [-0.1, -0.05) is 32.6 Å². The van der Waals surface area contributed by atoms with Crippen molar-refractivity contribution in [2.75, 3.05) is 0 Å². The van der Waals surface area contributed by atoms with Crippen molar-refractivity contribution in [2.45, 2.75) is 58.8 Å². The predicted octanol–water partition coefficient (Wildman–Crippen LogP) is 3.20. The third-order valence-corrected chi connectivity index (χ3v) is 3.04. The van der Waals surface area contributed by atoms with Crippen LogP contribution in [0.2, 0.25) is 0 Å². The second kappa shape index (κ2) is 7.25. The van der Waals surface area contributed by atoms with Crippen molar-refractivity contribution in [1.82, 2.24) is 9.78 Å². The molecule has 0 aliphatic carbocycles. The fourth-order valence-electron chi connectivity index (χ4n) is 2.05. The van der Waals surface area contributed by atoms with Crippen LogP contribution in [-0.2, 0) is 18.3 Å². The Balaban J connectivity index is 2.23. The minimum Gasteiger partial charge on any atom is -0.299 e. The molecule has 0 amide bonds. The van der Waals surface area contributed by atoms with Crippen LogP contribution in [0.25, 0.3) is 0 Å². The van der Waals surface area contributed by atoms with Gasteiger partial charge >= 0.3 is 0 Å². The fourth-order valence-corrected chi connectivity index (χ4v) is 2.05. The van der Waals surface area contributed by atoms with Crippen molar-refractivity contribution in [3.05, 3.63) is 17.5 Å². The van der Waals surface area contributed by atoms with Gasteiger partial charge in [0.25, 0.3) is 0 Å². The topological polar surface area (TPSA) is 34.9 Å². The number of ketones is 1. The Morgan fingerprint density at radius 2 is 2.00 bits per heavy atom. The van der Waals surface area contributed by atoms with Gasteiger partial charge in [0, 0.05) is 25.6 Å². The van der Waals surface area contributed by atoms with Crippen LogP contribution in [0.5, 0.6) is 0 Å².